The smallest absolute Gasteiger partial charge is 0.0414 e. The molecule has 0 atom stereocenters. The first-order valence-corrected chi connectivity index (χ1v) is 4.36. The quantitative estimate of drug-likeness (QED) is 0.451. The molecule has 2 heteroatoms. The summed E-state index contributed by atoms with van der Waals surface area (Å²) in [6.07, 6.45) is 1.16. The molecule has 0 aliphatic carbocycles. The van der Waals surface area contributed by atoms with E-state index in [-0.39, 0.29) is 0 Å². The Morgan fingerprint density at radius 1 is 1.36 bits per heavy atom. The number of rotatable bonds is 4. The SMILES string of the molecule is CCCN(N=C(C)C)C(C)C. The normalized spacial score (nSPS) is 10.0. The summed E-state index contributed by atoms with van der Waals surface area (Å²) in [7, 11) is 0. The average Bonchev–Trinajstić information content (AvgIpc) is 1.86. The lowest BCUT2D eigenvalue weighted by Crippen LogP contribution is -2.27. The number of nitrogens with zero attached hydrogens (tertiary/aromatic N) is 2. The van der Waals surface area contributed by atoms with E-state index < -0.39 is 0 Å². The third-order valence-electron chi connectivity index (χ3n) is 1.38. The number of hydrazone groups is 1. The van der Waals surface area contributed by atoms with E-state index in [0.29, 0.717) is 6.04 Å². The summed E-state index contributed by atoms with van der Waals surface area (Å²) < 4.78 is 0. The first-order valence-electron chi connectivity index (χ1n) is 4.36. The molecule has 66 valence electrons. The third kappa shape index (κ3) is 4.82. The molecule has 0 fully saturated rings. The summed E-state index contributed by atoms with van der Waals surface area (Å²) in [5.74, 6) is 0. The molecule has 0 saturated heterocycles. The van der Waals surface area contributed by atoms with Crippen molar-refractivity contribution >= 4 is 5.71 Å². The van der Waals surface area contributed by atoms with Crippen molar-refractivity contribution in [1.82, 2.24) is 5.01 Å². The van der Waals surface area contributed by atoms with Crippen LogP contribution >= 0.6 is 0 Å². The first kappa shape index (κ1) is 10.5. The van der Waals surface area contributed by atoms with Gasteiger partial charge >= 0.3 is 0 Å². The Morgan fingerprint density at radius 3 is 2.18 bits per heavy atom. The zero-order chi connectivity index (χ0) is 8.85. The second-order valence-electron chi connectivity index (χ2n) is 3.30. The molecule has 0 aliphatic heterocycles. The Balaban J connectivity index is 4.00. The fraction of sp³-hybridized carbons (Fsp3) is 0.889. The molecule has 2 nitrogen and oxygen atoms in total. The van der Waals surface area contributed by atoms with Crippen LogP contribution in [0.3, 0.4) is 0 Å². The largest absolute Gasteiger partial charge is 0.295 e. The van der Waals surface area contributed by atoms with Crippen molar-refractivity contribution in [3.63, 3.8) is 0 Å². The lowest BCUT2D eigenvalue weighted by molar-refractivity contribution is 0.233. The second kappa shape index (κ2) is 5.16. The van der Waals surface area contributed by atoms with Gasteiger partial charge in [-0.15, -0.1) is 0 Å². The summed E-state index contributed by atoms with van der Waals surface area (Å²) in [5.41, 5.74) is 1.13. The molecule has 11 heavy (non-hydrogen) atoms. The van der Waals surface area contributed by atoms with Gasteiger partial charge in [0.1, 0.15) is 0 Å². The van der Waals surface area contributed by atoms with Crippen LogP contribution in [-0.4, -0.2) is 23.3 Å². The highest BCUT2D eigenvalue weighted by Gasteiger charge is 2.03. The van der Waals surface area contributed by atoms with Crippen molar-refractivity contribution in [2.45, 2.75) is 47.1 Å². The van der Waals surface area contributed by atoms with Crippen LogP contribution in [0.2, 0.25) is 0 Å². The van der Waals surface area contributed by atoms with Crippen LogP contribution in [0.15, 0.2) is 5.10 Å². The highest BCUT2D eigenvalue weighted by molar-refractivity contribution is 5.78. The molecule has 0 aromatic heterocycles. The van der Waals surface area contributed by atoms with Crippen molar-refractivity contribution in [2.75, 3.05) is 6.54 Å². The van der Waals surface area contributed by atoms with Gasteiger partial charge in [-0.1, -0.05) is 6.92 Å². The van der Waals surface area contributed by atoms with Crippen LogP contribution in [0.25, 0.3) is 0 Å². The van der Waals surface area contributed by atoms with Gasteiger partial charge in [-0.3, -0.25) is 5.01 Å². The Kier molecular flexibility index (Phi) is 4.92. The van der Waals surface area contributed by atoms with Gasteiger partial charge in [0.05, 0.1) is 0 Å². The van der Waals surface area contributed by atoms with Crippen molar-refractivity contribution in [3.8, 4) is 0 Å². The summed E-state index contributed by atoms with van der Waals surface area (Å²) in [4.78, 5) is 0. The molecule has 0 aromatic rings. The van der Waals surface area contributed by atoms with E-state index in [0.717, 1.165) is 18.7 Å². The summed E-state index contributed by atoms with van der Waals surface area (Å²) in [6, 6.07) is 0.518. The van der Waals surface area contributed by atoms with Crippen LogP contribution in [0.4, 0.5) is 0 Å². The number of hydrogen-bond donors (Lipinski definition) is 0. The van der Waals surface area contributed by atoms with Crippen molar-refractivity contribution < 1.29 is 0 Å². The van der Waals surface area contributed by atoms with E-state index in [4.69, 9.17) is 0 Å². The topological polar surface area (TPSA) is 15.6 Å². The molecular formula is C9H20N2. The Hall–Kier alpha value is -0.530. The van der Waals surface area contributed by atoms with Gasteiger partial charge < -0.3 is 0 Å². The molecule has 0 unspecified atom stereocenters. The number of hydrogen-bond acceptors (Lipinski definition) is 2. The van der Waals surface area contributed by atoms with Gasteiger partial charge in [-0.05, 0) is 34.1 Å². The van der Waals surface area contributed by atoms with Gasteiger partial charge in [-0.25, -0.2) is 0 Å². The van der Waals surface area contributed by atoms with E-state index in [9.17, 15) is 0 Å². The maximum atomic E-state index is 4.42. The molecule has 0 radical (unpaired) electrons. The molecule has 0 bridgehead atoms. The minimum Gasteiger partial charge on any atom is -0.295 e. The van der Waals surface area contributed by atoms with E-state index in [2.05, 4.69) is 30.9 Å². The van der Waals surface area contributed by atoms with E-state index in [1.54, 1.807) is 0 Å². The van der Waals surface area contributed by atoms with E-state index in [1.165, 1.54) is 0 Å². The van der Waals surface area contributed by atoms with Crippen LogP contribution in [0.1, 0.15) is 41.0 Å². The summed E-state index contributed by atoms with van der Waals surface area (Å²) in [5, 5.41) is 6.55. The minimum atomic E-state index is 0.518. The first-order chi connectivity index (χ1) is 5.07. The van der Waals surface area contributed by atoms with Gasteiger partial charge in [0.2, 0.25) is 0 Å². The average molecular weight is 156 g/mol. The van der Waals surface area contributed by atoms with Crippen LogP contribution in [-0.2, 0) is 0 Å². The lowest BCUT2D eigenvalue weighted by atomic mass is 10.3. The predicted octanol–water partition coefficient (Wildman–Crippen LogP) is 2.50. The summed E-state index contributed by atoms with van der Waals surface area (Å²) >= 11 is 0. The minimum absolute atomic E-state index is 0.518. The highest BCUT2D eigenvalue weighted by atomic mass is 15.5. The molecule has 0 aromatic carbocycles. The lowest BCUT2D eigenvalue weighted by Gasteiger charge is -2.23. The van der Waals surface area contributed by atoms with Crippen LogP contribution in [0.5, 0.6) is 0 Å². The van der Waals surface area contributed by atoms with Gasteiger partial charge in [0.25, 0.3) is 0 Å². The second-order valence-corrected chi connectivity index (χ2v) is 3.30. The molecule has 0 rings (SSSR count). The molecular weight excluding hydrogens is 136 g/mol. The molecule has 0 heterocycles. The zero-order valence-electron chi connectivity index (χ0n) is 8.39. The fourth-order valence-electron chi connectivity index (χ4n) is 0.910. The van der Waals surface area contributed by atoms with E-state index >= 15 is 0 Å². The third-order valence-corrected chi connectivity index (χ3v) is 1.38. The monoisotopic (exact) mass is 156 g/mol. The molecule has 0 N–H and O–H groups in total. The fourth-order valence-corrected chi connectivity index (χ4v) is 0.910. The van der Waals surface area contributed by atoms with Crippen molar-refractivity contribution in [3.05, 3.63) is 0 Å². The summed E-state index contributed by atoms with van der Waals surface area (Å²) in [6.45, 7) is 11.6. The highest BCUT2D eigenvalue weighted by Crippen LogP contribution is 2.00. The van der Waals surface area contributed by atoms with Gasteiger partial charge in [0, 0.05) is 18.3 Å². The molecule has 0 saturated carbocycles. The standard InChI is InChI=1S/C9H20N2/c1-6-7-11(9(4)5)10-8(2)3/h9H,6-7H2,1-5H3. The van der Waals surface area contributed by atoms with Crippen molar-refractivity contribution in [2.24, 2.45) is 5.10 Å². The van der Waals surface area contributed by atoms with Crippen molar-refractivity contribution in [1.29, 1.82) is 0 Å². The Morgan fingerprint density at radius 2 is 1.91 bits per heavy atom. The van der Waals surface area contributed by atoms with Gasteiger partial charge in [0.15, 0.2) is 0 Å². The Bertz CT molecular complexity index is 124. The van der Waals surface area contributed by atoms with Crippen LogP contribution in [0, 0.1) is 0 Å². The predicted molar refractivity (Wildman–Crippen MR) is 50.9 cm³/mol. The zero-order valence-corrected chi connectivity index (χ0v) is 8.39. The van der Waals surface area contributed by atoms with E-state index in [1.807, 2.05) is 13.8 Å². The van der Waals surface area contributed by atoms with Crippen LogP contribution < -0.4 is 0 Å². The Labute approximate surface area is 70.3 Å². The maximum Gasteiger partial charge on any atom is 0.0414 e. The molecule has 0 spiro atoms. The molecule has 0 amide bonds. The maximum absolute atomic E-state index is 4.42. The van der Waals surface area contributed by atoms with Gasteiger partial charge in [-0.2, -0.15) is 5.10 Å². The molecule has 0 aliphatic rings.